The van der Waals surface area contributed by atoms with E-state index in [1.54, 1.807) is 11.3 Å². The van der Waals surface area contributed by atoms with Crippen molar-refractivity contribution in [2.24, 2.45) is 0 Å². The third-order valence-electron chi connectivity index (χ3n) is 2.97. The lowest BCUT2D eigenvalue weighted by molar-refractivity contribution is 0.0954. The molecule has 1 amide bonds. The summed E-state index contributed by atoms with van der Waals surface area (Å²) in [5.74, 6) is -0.00558. The molecule has 0 radical (unpaired) electrons. The minimum absolute atomic E-state index is 0.00558. The van der Waals surface area contributed by atoms with Gasteiger partial charge in [0.25, 0.3) is 5.91 Å². The summed E-state index contributed by atoms with van der Waals surface area (Å²) < 4.78 is 0. The second kappa shape index (κ2) is 5.97. The number of hydrogen-bond donors (Lipinski definition) is 1. The van der Waals surface area contributed by atoms with E-state index in [-0.39, 0.29) is 5.91 Å². The van der Waals surface area contributed by atoms with E-state index in [2.05, 4.69) is 16.4 Å². The molecular weight excluding hydrogens is 256 g/mol. The SMILES string of the molecule is Cc1cc(C)cc(C(=O)NCCc2scnc2C)c1. The number of benzene rings is 1. The number of carbonyl (C=O) groups excluding carboxylic acids is 1. The highest BCUT2D eigenvalue weighted by atomic mass is 32.1. The van der Waals surface area contributed by atoms with Gasteiger partial charge in [-0.05, 0) is 32.9 Å². The lowest BCUT2D eigenvalue weighted by Crippen LogP contribution is -2.25. The highest BCUT2D eigenvalue weighted by Crippen LogP contribution is 2.12. The van der Waals surface area contributed by atoms with E-state index in [1.165, 1.54) is 4.88 Å². The van der Waals surface area contributed by atoms with E-state index in [9.17, 15) is 4.79 Å². The molecule has 0 aliphatic carbocycles. The lowest BCUT2D eigenvalue weighted by Gasteiger charge is -2.06. The first-order chi connectivity index (χ1) is 9.06. The van der Waals surface area contributed by atoms with Crippen LogP contribution in [-0.4, -0.2) is 17.4 Å². The zero-order valence-corrected chi connectivity index (χ0v) is 12.3. The predicted octanol–water partition coefficient (Wildman–Crippen LogP) is 3.04. The Labute approximate surface area is 117 Å². The average Bonchev–Trinajstić information content (AvgIpc) is 2.74. The maximum Gasteiger partial charge on any atom is 0.251 e. The molecule has 0 unspecified atom stereocenters. The molecule has 0 fully saturated rings. The van der Waals surface area contributed by atoms with Crippen LogP contribution in [0, 0.1) is 20.8 Å². The maximum atomic E-state index is 12.0. The fourth-order valence-corrected chi connectivity index (χ4v) is 2.84. The molecule has 3 nitrogen and oxygen atoms in total. The summed E-state index contributed by atoms with van der Waals surface area (Å²) in [7, 11) is 0. The summed E-state index contributed by atoms with van der Waals surface area (Å²) in [5.41, 5.74) is 5.87. The molecule has 0 saturated carbocycles. The quantitative estimate of drug-likeness (QED) is 0.931. The molecule has 100 valence electrons. The Hall–Kier alpha value is -1.68. The van der Waals surface area contributed by atoms with Crippen LogP contribution >= 0.6 is 11.3 Å². The van der Waals surface area contributed by atoms with Crippen LogP contribution in [-0.2, 0) is 6.42 Å². The minimum Gasteiger partial charge on any atom is -0.352 e. The smallest absolute Gasteiger partial charge is 0.251 e. The number of aryl methyl sites for hydroxylation is 3. The van der Waals surface area contributed by atoms with Crippen LogP contribution < -0.4 is 5.32 Å². The van der Waals surface area contributed by atoms with Crippen LogP contribution in [0.3, 0.4) is 0 Å². The molecule has 0 aliphatic heterocycles. The second-order valence-electron chi connectivity index (χ2n) is 4.74. The summed E-state index contributed by atoms with van der Waals surface area (Å²) in [6.45, 7) is 6.65. The Morgan fingerprint density at radius 3 is 2.47 bits per heavy atom. The molecule has 2 rings (SSSR count). The highest BCUT2D eigenvalue weighted by molar-refractivity contribution is 7.09. The summed E-state index contributed by atoms with van der Waals surface area (Å²) in [5, 5.41) is 2.96. The number of carbonyl (C=O) groups is 1. The van der Waals surface area contributed by atoms with Gasteiger partial charge in [-0.25, -0.2) is 4.98 Å². The molecule has 0 atom stereocenters. The van der Waals surface area contributed by atoms with Crippen LogP contribution in [0.2, 0.25) is 0 Å². The van der Waals surface area contributed by atoms with Gasteiger partial charge in [0.05, 0.1) is 11.2 Å². The summed E-state index contributed by atoms with van der Waals surface area (Å²) in [6.07, 6.45) is 0.840. The minimum atomic E-state index is -0.00558. The fraction of sp³-hybridized carbons (Fsp3) is 0.333. The van der Waals surface area contributed by atoms with Crippen molar-refractivity contribution in [2.45, 2.75) is 27.2 Å². The Morgan fingerprint density at radius 1 is 1.21 bits per heavy atom. The van der Waals surface area contributed by atoms with Crippen molar-refractivity contribution in [2.75, 3.05) is 6.54 Å². The van der Waals surface area contributed by atoms with Crippen molar-refractivity contribution >= 4 is 17.2 Å². The zero-order valence-electron chi connectivity index (χ0n) is 11.5. The molecule has 0 aliphatic rings. The highest BCUT2D eigenvalue weighted by Gasteiger charge is 2.07. The monoisotopic (exact) mass is 274 g/mol. The van der Waals surface area contributed by atoms with Crippen molar-refractivity contribution in [1.82, 2.24) is 10.3 Å². The van der Waals surface area contributed by atoms with Gasteiger partial charge in [-0.1, -0.05) is 17.2 Å². The second-order valence-corrected chi connectivity index (χ2v) is 5.68. The molecule has 19 heavy (non-hydrogen) atoms. The van der Waals surface area contributed by atoms with Gasteiger partial charge in [-0.15, -0.1) is 11.3 Å². The number of nitrogens with one attached hydrogen (secondary N) is 1. The van der Waals surface area contributed by atoms with E-state index >= 15 is 0 Å². The van der Waals surface area contributed by atoms with Gasteiger partial charge in [-0.3, -0.25) is 4.79 Å². The van der Waals surface area contributed by atoms with Gasteiger partial charge in [-0.2, -0.15) is 0 Å². The molecule has 1 heterocycles. The van der Waals surface area contributed by atoms with Crippen LogP contribution in [0.25, 0.3) is 0 Å². The number of aromatic nitrogens is 1. The van der Waals surface area contributed by atoms with Gasteiger partial charge < -0.3 is 5.32 Å². The summed E-state index contributed by atoms with van der Waals surface area (Å²) in [6, 6.07) is 5.90. The van der Waals surface area contributed by atoms with Gasteiger partial charge in [0.1, 0.15) is 0 Å². The van der Waals surface area contributed by atoms with Crippen molar-refractivity contribution < 1.29 is 4.79 Å². The molecule has 4 heteroatoms. The first-order valence-electron chi connectivity index (χ1n) is 6.31. The van der Waals surface area contributed by atoms with Gasteiger partial charge in [0, 0.05) is 23.4 Å². The molecule has 1 aromatic carbocycles. The first-order valence-corrected chi connectivity index (χ1v) is 7.19. The Balaban J connectivity index is 1.92. The topological polar surface area (TPSA) is 42.0 Å². The van der Waals surface area contributed by atoms with E-state index < -0.39 is 0 Å². The molecule has 1 aromatic heterocycles. The lowest BCUT2D eigenvalue weighted by atomic mass is 10.1. The number of nitrogens with zero attached hydrogens (tertiary/aromatic N) is 1. The van der Waals surface area contributed by atoms with Crippen molar-refractivity contribution in [3.8, 4) is 0 Å². The first kappa shape index (κ1) is 13.7. The molecule has 0 saturated heterocycles. The number of amides is 1. The van der Waals surface area contributed by atoms with Crippen molar-refractivity contribution in [3.63, 3.8) is 0 Å². The van der Waals surface area contributed by atoms with E-state index in [0.717, 1.165) is 28.8 Å². The van der Waals surface area contributed by atoms with Crippen LogP contribution in [0.1, 0.15) is 32.1 Å². The van der Waals surface area contributed by atoms with E-state index in [0.29, 0.717) is 6.54 Å². The fourth-order valence-electron chi connectivity index (χ4n) is 2.06. The number of hydrogen-bond acceptors (Lipinski definition) is 3. The summed E-state index contributed by atoms with van der Waals surface area (Å²) >= 11 is 1.64. The van der Waals surface area contributed by atoms with Gasteiger partial charge in [0.2, 0.25) is 0 Å². The van der Waals surface area contributed by atoms with Gasteiger partial charge in [0.15, 0.2) is 0 Å². The van der Waals surface area contributed by atoms with Crippen molar-refractivity contribution in [1.29, 1.82) is 0 Å². The Morgan fingerprint density at radius 2 is 1.89 bits per heavy atom. The van der Waals surface area contributed by atoms with E-state index in [4.69, 9.17) is 0 Å². The summed E-state index contributed by atoms with van der Waals surface area (Å²) in [4.78, 5) is 17.5. The number of rotatable bonds is 4. The Kier molecular flexibility index (Phi) is 4.32. The normalized spacial score (nSPS) is 10.5. The maximum absolute atomic E-state index is 12.0. The van der Waals surface area contributed by atoms with Crippen LogP contribution in [0.5, 0.6) is 0 Å². The Bertz CT molecular complexity index is 569. The molecule has 1 N–H and O–H groups in total. The zero-order chi connectivity index (χ0) is 13.8. The third kappa shape index (κ3) is 3.64. The third-order valence-corrected chi connectivity index (χ3v) is 3.96. The molecule has 2 aromatic rings. The molecule has 0 spiro atoms. The standard InChI is InChI=1S/C15H18N2OS/c1-10-6-11(2)8-13(7-10)15(18)16-5-4-14-12(3)17-9-19-14/h6-9H,4-5H2,1-3H3,(H,16,18). The average molecular weight is 274 g/mol. The van der Waals surface area contributed by atoms with Gasteiger partial charge >= 0.3 is 0 Å². The number of thiazole rings is 1. The molecule has 0 bridgehead atoms. The predicted molar refractivity (Wildman–Crippen MR) is 78.8 cm³/mol. The van der Waals surface area contributed by atoms with Crippen LogP contribution in [0.4, 0.5) is 0 Å². The largest absolute Gasteiger partial charge is 0.352 e. The van der Waals surface area contributed by atoms with Crippen LogP contribution in [0.15, 0.2) is 23.7 Å². The van der Waals surface area contributed by atoms with Crippen molar-refractivity contribution in [3.05, 3.63) is 51.0 Å². The molecular formula is C15H18N2OS. The van der Waals surface area contributed by atoms with E-state index in [1.807, 2.05) is 38.4 Å².